The van der Waals surface area contributed by atoms with Crippen molar-refractivity contribution in [2.24, 2.45) is 0 Å². The predicted octanol–water partition coefficient (Wildman–Crippen LogP) is 2.46. The number of rotatable bonds is 3. The molecule has 1 aliphatic carbocycles. The lowest BCUT2D eigenvalue weighted by Crippen LogP contribution is -2.29. The third-order valence-electron chi connectivity index (χ3n) is 3.10. The van der Waals surface area contributed by atoms with E-state index in [1.807, 2.05) is 13.1 Å². The van der Waals surface area contributed by atoms with Gasteiger partial charge in [0.05, 0.1) is 0 Å². The highest BCUT2D eigenvalue weighted by Gasteiger charge is 2.16. The van der Waals surface area contributed by atoms with E-state index in [1.54, 1.807) is 0 Å². The molecule has 1 aromatic rings. The Morgan fingerprint density at radius 1 is 1.31 bits per heavy atom. The number of hydrogen-bond acceptors (Lipinski definition) is 3. The van der Waals surface area contributed by atoms with Gasteiger partial charge in [0, 0.05) is 29.5 Å². The van der Waals surface area contributed by atoms with E-state index >= 15 is 0 Å². The Bertz CT molecular complexity index is 390. The van der Waals surface area contributed by atoms with Gasteiger partial charge in [0.15, 0.2) is 0 Å². The van der Waals surface area contributed by atoms with Gasteiger partial charge in [-0.3, -0.25) is 0 Å². The van der Waals surface area contributed by atoms with Gasteiger partial charge in [-0.2, -0.15) is 0 Å². The van der Waals surface area contributed by atoms with Gasteiger partial charge in [-0.15, -0.1) is 0 Å². The molecule has 0 bridgehead atoms. The molecule has 1 aliphatic rings. The van der Waals surface area contributed by atoms with Crippen LogP contribution in [0.15, 0.2) is 18.3 Å². The highest BCUT2D eigenvalue weighted by molar-refractivity contribution is 5.20. The second-order valence-corrected chi connectivity index (χ2v) is 4.49. The first kappa shape index (κ1) is 11.3. The summed E-state index contributed by atoms with van der Waals surface area (Å²) in [5, 5.41) is 3.61. The minimum Gasteiger partial charge on any atom is -0.307 e. The number of aromatic nitrogens is 2. The topological polar surface area (TPSA) is 37.8 Å². The van der Waals surface area contributed by atoms with E-state index in [2.05, 4.69) is 41.3 Å². The van der Waals surface area contributed by atoms with Gasteiger partial charge in [0.2, 0.25) is 0 Å². The van der Waals surface area contributed by atoms with E-state index in [9.17, 15) is 0 Å². The Hall–Kier alpha value is -1.22. The molecule has 1 aromatic heterocycles. The van der Waals surface area contributed by atoms with Crippen molar-refractivity contribution in [3.05, 3.63) is 35.4 Å². The summed E-state index contributed by atoms with van der Waals surface area (Å²) >= 11 is 0. The summed E-state index contributed by atoms with van der Waals surface area (Å²) in [6.45, 7) is 6.16. The fourth-order valence-corrected chi connectivity index (χ4v) is 2.21. The number of hydrogen-bond donors (Lipinski definition) is 1. The van der Waals surface area contributed by atoms with Crippen LogP contribution in [0, 0.1) is 13.8 Å². The third kappa shape index (κ3) is 2.47. The van der Waals surface area contributed by atoms with Gasteiger partial charge in [0.1, 0.15) is 5.82 Å². The first-order chi connectivity index (χ1) is 7.66. The molecule has 0 radical (unpaired) electrons. The van der Waals surface area contributed by atoms with Crippen LogP contribution in [0.1, 0.15) is 42.9 Å². The number of aryl methyl sites for hydroxylation is 2. The van der Waals surface area contributed by atoms with Crippen LogP contribution < -0.4 is 5.32 Å². The van der Waals surface area contributed by atoms with Crippen molar-refractivity contribution in [1.82, 2.24) is 15.3 Å². The summed E-state index contributed by atoms with van der Waals surface area (Å²) in [5.74, 6) is 0.844. The fourth-order valence-electron chi connectivity index (χ4n) is 2.21. The molecule has 2 rings (SSSR count). The molecule has 1 unspecified atom stereocenters. The highest BCUT2D eigenvalue weighted by atomic mass is 15.0. The minimum absolute atomic E-state index is 0.325. The molecule has 1 N–H and O–H groups in total. The minimum atomic E-state index is 0.325. The summed E-state index contributed by atoms with van der Waals surface area (Å²) in [6.07, 6.45) is 8.69. The normalized spacial score (nSPS) is 17.9. The largest absolute Gasteiger partial charge is 0.307 e. The van der Waals surface area contributed by atoms with Crippen LogP contribution in [-0.4, -0.2) is 16.0 Å². The van der Waals surface area contributed by atoms with Crippen LogP contribution in [0.3, 0.4) is 0 Å². The maximum absolute atomic E-state index is 4.40. The van der Waals surface area contributed by atoms with E-state index in [-0.39, 0.29) is 0 Å². The molecule has 3 nitrogen and oxygen atoms in total. The zero-order valence-electron chi connectivity index (χ0n) is 10.2. The molecule has 0 amide bonds. The van der Waals surface area contributed by atoms with Crippen LogP contribution in [-0.2, 0) is 0 Å². The summed E-state index contributed by atoms with van der Waals surface area (Å²) in [5.41, 5.74) is 2.29. The lowest BCUT2D eigenvalue weighted by molar-refractivity contribution is 0.468. The zero-order chi connectivity index (χ0) is 11.5. The van der Waals surface area contributed by atoms with Crippen molar-refractivity contribution in [3.63, 3.8) is 0 Å². The maximum atomic E-state index is 4.40. The number of nitrogens with zero attached hydrogens (tertiary/aromatic N) is 2. The molecule has 3 heteroatoms. The SMILES string of the molecule is Cc1ncc(C(C)NC2CC=CC2)c(C)n1. The van der Waals surface area contributed by atoms with Crippen molar-refractivity contribution in [1.29, 1.82) is 0 Å². The van der Waals surface area contributed by atoms with Crippen LogP contribution >= 0.6 is 0 Å². The van der Waals surface area contributed by atoms with Gasteiger partial charge in [-0.25, -0.2) is 9.97 Å². The van der Waals surface area contributed by atoms with Crippen molar-refractivity contribution in [2.75, 3.05) is 0 Å². The van der Waals surface area contributed by atoms with Crippen LogP contribution in [0.2, 0.25) is 0 Å². The molecular formula is C13H19N3. The average molecular weight is 217 g/mol. The molecule has 0 fully saturated rings. The van der Waals surface area contributed by atoms with Gasteiger partial charge >= 0.3 is 0 Å². The summed E-state index contributed by atoms with van der Waals surface area (Å²) in [4.78, 5) is 8.67. The van der Waals surface area contributed by atoms with Crippen molar-refractivity contribution >= 4 is 0 Å². The molecule has 1 atom stereocenters. The lowest BCUT2D eigenvalue weighted by Gasteiger charge is -2.20. The lowest BCUT2D eigenvalue weighted by atomic mass is 10.1. The van der Waals surface area contributed by atoms with E-state index in [1.165, 1.54) is 5.56 Å². The molecule has 0 aliphatic heterocycles. The smallest absolute Gasteiger partial charge is 0.125 e. The molecule has 0 aromatic carbocycles. The molecule has 0 saturated carbocycles. The average Bonchev–Trinajstić information content (AvgIpc) is 2.70. The molecule has 0 spiro atoms. The molecule has 86 valence electrons. The van der Waals surface area contributed by atoms with Gasteiger partial charge in [-0.1, -0.05) is 12.2 Å². The number of nitrogens with one attached hydrogen (secondary N) is 1. The Labute approximate surface area is 97.0 Å². The molecular weight excluding hydrogens is 198 g/mol. The Balaban J connectivity index is 2.05. The van der Waals surface area contributed by atoms with Crippen LogP contribution in [0.5, 0.6) is 0 Å². The Kier molecular flexibility index (Phi) is 3.34. The van der Waals surface area contributed by atoms with Crippen molar-refractivity contribution in [2.45, 2.75) is 45.7 Å². The Morgan fingerprint density at radius 2 is 2.00 bits per heavy atom. The van der Waals surface area contributed by atoms with Gasteiger partial charge in [-0.05, 0) is 33.6 Å². The van der Waals surface area contributed by atoms with E-state index in [0.717, 1.165) is 24.4 Å². The van der Waals surface area contributed by atoms with Crippen molar-refractivity contribution < 1.29 is 0 Å². The Morgan fingerprint density at radius 3 is 2.62 bits per heavy atom. The highest BCUT2D eigenvalue weighted by Crippen LogP contribution is 2.18. The predicted molar refractivity (Wildman–Crippen MR) is 65.2 cm³/mol. The first-order valence-electron chi connectivity index (χ1n) is 5.88. The van der Waals surface area contributed by atoms with Crippen LogP contribution in [0.25, 0.3) is 0 Å². The van der Waals surface area contributed by atoms with Crippen molar-refractivity contribution in [3.8, 4) is 0 Å². The third-order valence-corrected chi connectivity index (χ3v) is 3.10. The van der Waals surface area contributed by atoms with Crippen LogP contribution in [0.4, 0.5) is 0 Å². The second-order valence-electron chi connectivity index (χ2n) is 4.49. The fraction of sp³-hybridized carbons (Fsp3) is 0.538. The van der Waals surface area contributed by atoms with E-state index < -0.39 is 0 Å². The first-order valence-corrected chi connectivity index (χ1v) is 5.88. The zero-order valence-corrected chi connectivity index (χ0v) is 10.2. The summed E-state index contributed by atoms with van der Waals surface area (Å²) in [6, 6.07) is 0.904. The van der Waals surface area contributed by atoms with Gasteiger partial charge < -0.3 is 5.32 Å². The quantitative estimate of drug-likeness (QED) is 0.790. The monoisotopic (exact) mass is 217 g/mol. The molecule has 0 saturated heterocycles. The summed E-state index contributed by atoms with van der Waals surface area (Å²) < 4.78 is 0. The molecule has 16 heavy (non-hydrogen) atoms. The standard InChI is InChI=1S/C13H19N3/c1-9-13(8-14-11(3)15-9)10(2)16-12-6-4-5-7-12/h4-5,8,10,12,16H,6-7H2,1-3H3. The second kappa shape index (κ2) is 4.74. The van der Waals surface area contributed by atoms with Gasteiger partial charge in [0.25, 0.3) is 0 Å². The maximum Gasteiger partial charge on any atom is 0.125 e. The van der Waals surface area contributed by atoms with E-state index in [0.29, 0.717) is 12.1 Å². The van der Waals surface area contributed by atoms with E-state index in [4.69, 9.17) is 0 Å². The molecule has 1 heterocycles. The summed E-state index contributed by atoms with van der Waals surface area (Å²) in [7, 11) is 0.